The molecule has 0 spiro atoms. The standard InChI is InChI=1S/C15H24N4O/c1-16-12-6-5-11-9-14(15(20)17-13(11)10-12)19(4)8-7-18(2)3/h5-6,10,14,16H,7-9H2,1-4H3,(H,17,20). The van der Waals surface area contributed by atoms with Gasteiger partial charge in [-0.1, -0.05) is 6.07 Å². The number of carbonyl (C=O) groups excluding carboxylic acids is 1. The van der Waals surface area contributed by atoms with Crippen LogP contribution in [-0.4, -0.2) is 63.0 Å². The Hall–Kier alpha value is -1.59. The van der Waals surface area contributed by atoms with Gasteiger partial charge in [-0.15, -0.1) is 0 Å². The van der Waals surface area contributed by atoms with Crippen molar-refractivity contribution >= 4 is 17.3 Å². The number of fused-ring (bicyclic) bond motifs is 1. The largest absolute Gasteiger partial charge is 0.388 e. The van der Waals surface area contributed by atoms with E-state index in [-0.39, 0.29) is 11.9 Å². The lowest BCUT2D eigenvalue weighted by molar-refractivity contribution is -0.121. The van der Waals surface area contributed by atoms with Gasteiger partial charge in [0.15, 0.2) is 0 Å². The van der Waals surface area contributed by atoms with Crippen molar-refractivity contribution < 1.29 is 4.79 Å². The van der Waals surface area contributed by atoms with Crippen LogP contribution in [0, 0.1) is 0 Å². The van der Waals surface area contributed by atoms with Crippen LogP contribution in [0.15, 0.2) is 18.2 Å². The number of anilines is 2. The molecule has 110 valence electrons. The second-order valence-corrected chi connectivity index (χ2v) is 5.61. The lowest BCUT2D eigenvalue weighted by Gasteiger charge is -2.32. The fourth-order valence-electron chi connectivity index (χ4n) is 2.41. The third kappa shape index (κ3) is 3.29. The maximum absolute atomic E-state index is 12.3. The Balaban J connectivity index is 2.09. The van der Waals surface area contributed by atoms with E-state index in [0.717, 1.165) is 30.9 Å². The summed E-state index contributed by atoms with van der Waals surface area (Å²) in [5.74, 6) is 0.0898. The highest BCUT2D eigenvalue weighted by Crippen LogP contribution is 2.27. The van der Waals surface area contributed by atoms with Gasteiger partial charge in [-0.3, -0.25) is 9.69 Å². The fourth-order valence-corrected chi connectivity index (χ4v) is 2.41. The summed E-state index contributed by atoms with van der Waals surface area (Å²) in [4.78, 5) is 16.5. The van der Waals surface area contributed by atoms with Gasteiger partial charge < -0.3 is 15.5 Å². The van der Waals surface area contributed by atoms with E-state index < -0.39 is 0 Å². The number of nitrogens with zero attached hydrogens (tertiary/aromatic N) is 2. The van der Waals surface area contributed by atoms with Crippen molar-refractivity contribution in [1.29, 1.82) is 0 Å². The molecule has 1 atom stereocenters. The molecule has 0 radical (unpaired) electrons. The van der Waals surface area contributed by atoms with Crippen LogP contribution >= 0.6 is 0 Å². The highest BCUT2D eigenvalue weighted by atomic mass is 16.2. The van der Waals surface area contributed by atoms with Gasteiger partial charge in [0.05, 0.1) is 6.04 Å². The third-order valence-electron chi connectivity index (χ3n) is 3.80. The second-order valence-electron chi connectivity index (χ2n) is 5.61. The van der Waals surface area contributed by atoms with Gasteiger partial charge in [0, 0.05) is 31.5 Å². The summed E-state index contributed by atoms with van der Waals surface area (Å²) in [6, 6.07) is 6.05. The Labute approximate surface area is 120 Å². The molecule has 1 aliphatic heterocycles. The molecular formula is C15H24N4O. The van der Waals surface area contributed by atoms with E-state index in [2.05, 4.69) is 26.5 Å². The van der Waals surface area contributed by atoms with E-state index in [0.29, 0.717) is 0 Å². The predicted molar refractivity (Wildman–Crippen MR) is 83.3 cm³/mol. The first-order valence-electron chi connectivity index (χ1n) is 6.97. The summed E-state index contributed by atoms with van der Waals surface area (Å²) < 4.78 is 0. The molecule has 2 N–H and O–H groups in total. The zero-order chi connectivity index (χ0) is 14.7. The number of nitrogens with one attached hydrogen (secondary N) is 2. The first kappa shape index (κ1) is 14.8. The molecule has 0 saturated heterocycles. The first-order chi connectivity index (χ1) is 9.51. The van der Waals surface area contributed by atoms with Crippen molar-refractivity contribution in [3.05, 3.63) is 23.8 Å². The molecule has 1 heterocycles. The SMILES string of the molecule is CNc1ccc2c(c1)NC(=O)C(N(C)CCN(C)C)C2. The van der Waals surface area contributed by atoms with E-state index in [1.54, 1.807) is 0 Å². The van der Waals surface area contributed by atoms with Crippen LogP contribution in [0.1, 0.15) is 5.56 Å². The van der Waals surface area contributed by atoms with Gasteiger partial charge in [-0.2, -0.15) is 0 Å². The van der Waals surface area contributed by atoms with Crippen molar-refractivity contribution in [1.82, 2.24) is 9.80 Å². The lowest BCUT2D eigenvalue weighted by Crippen LogP contribution is -2.47. The van der Waals surface area contributed by atoms with Gasteiger partial charge in [-0.25, -0.2) is 0 Å². The summed E-state index contributed by atoms with van der Waals surface area (Å²) in [5.41, 5.74) is 3.15. The lowest BCUT2D eigenvalue weighted by atomic mass is 9.97. The highest BCUT2D eigenvalue weighted by molar-refractivity contribution is 5.98. The molecule has 0 fully saturated rings. The van der Waals surface area contributed by atoms with Crippen LogP contribution < -0.4 is 10.6 Å². The minimum Gasteiger partial charge on any atom is -0.388 e. The quantitative estimate of drug-likeness (QED) is 0.845. The van der Waals surface area contributed by atoms with E-state index >= 15 is 0 Å². The zero-order valence-electron chi connectivity index (χ0n) is 12.7. The van der Waals surface area contributed by atoms with Crippen LogP contribution in [0.3, 0.4) is 0 Å². The first-order valence-corrected chi connectivity index (χ1v) is 6.97. The monoisotopic (exact) mass is 276 g/mol. The van der Waals surface area contributed by atoms with E-state index in [1.807, 2.05) is 40.3 Å². The molecule has 5 heteroatoms. The zero-order valence-corrected chi connectivity index (χ0v) is 12.7. The van der Waals surface area contributed by atoms with Crippen LogP contribution in [0.5, 0.6) is 0 Å². The smallest absolute Gasteiger partial charge is 0.242 e. The van der Waals surface area contributed by atoms with E-state index in [1.165, 1.54) is 5.56 Å². The Kier molecular flexibility index (Phi) is 4.62. The molecule has 0 saturated carbocycles. The van der Waals surface area contributed by atoms with E-state index in [9.17, 15) is 4.79 Å². The van der Waals surface area contributed by atoms with Gasteiger partial charge in [0.2, 0.25) is 5.91 Å². The number of hydrogen-bond acceptors (Lipinski definition) is 4. The number of benzene rings is 1. The molecule has 0 bridgehead atoms. The van der Waals surface area contributed by atoms with Gasteiger partial charge in [0.25, 0.3) is 0 Å². The molecule has 2 rings (SSSR count). The number of hydrogen-bond donors (Lipinski definition) is 2. The number of rotatable bonds is 5. The molecule has 20 heavy (non-hydrogen) atoms. The van der Waals surface area contributed by atoms with Crippen LogP contribution in [0.25, 0.3) is 0 Å². The molecule has 0 aliphatic carbocycles. The van der Waals surface area contributed by atoms with E-state index in [4.69, 9.17) is 0 Å². The van der Waals surface area contributed by atoms with Crippen LogP contribution in [0.4, 0.5) is 11.4 Å². The fraction of sp³-hybridized carbons (Fsp3) is 0.533. The van der Waals surface area contributed by atoms with Crippen molar-refractivity contribution in [3.8, 4) is 0 Å². The minimum absolute atomic E-state index is 0.0807. The number of amides is 1. The summed E-state index contributed by atoms with van der Waals surface area (Å²) >= 11 is 0. The molecule has 1 amide bonds. The Morgan fingerprint density at radius 1 is 1.30 bits per heavy atom. The number of carbonyl (C=O) groups is 1. The molecule has 1 aromatic rings. The van der Waals surface area contributed by atoms with Crippen molar-refractivity contribution in [2.45, 2.75) is 12.5 Å². The topological polar surface area (TPSA) is 47.6 Å². The summed E-state index contributed by atoms with van der Waals surface area (Å²) in [6.07, 6.45) is 0.773. The molecule has 1 unspecified atom stereocenters. The average Bonchev–Trinajstić information content (AvgIpc) is 2.43. The number of likely N-dealkylation sites (N-methyl/N-ethyl adjacent to an activating group) is 2. The Morgan fingerprint density at radius 2 is 2.05 bits per heavy atom. The average molecular weight is 276 g/mol. The van der Waals surface area contributed by atoms with Crippen LogP contribution in [0.2, 0.25) is 0 Å². The van der Waals surface area contributed by atoms with Gasteiger partial charge in [-0.05, 0) is 45.3 Å². The highest BCUT2D eigenvalue weighted by Gasteiger charge is 2.29. The van der Waals surface area contributed by atoms with Crippen molar-refractivity contribution in [3.63, 3.8) is 0 Å². The maximum Gasteiger partial charge on any atom is 0.242 e. The van der Waals surface area contributed by atoms with Crippen molar-refractivity contribution in [2.24, 2.45) is 0 Å². The van der Waals surface area contributed by atoms with Crippen LogP contribution in [-0.2, 0) is 11.2 Å². The second kappa shape index (κ2) is 6.24. The Bertz CT molecular complexity index is 487. The normalized spacial score (nSPS) is 18.1. The Morgan fingerprint density at radius 3 is 2.70 bits per heavy atom. The molecule has 1 aliphatic rings. The molecule has 0 aromatic heterocycles. The molecule has 5 nitrogen and oxygen atoms in total. The van der Waals surface area contributed by atoms with Crippen molar-refractivity contribution in [2.75, 3.05) is 51.9 Å². The summed E-state index contributed by atoms with van der Waals surface area (Å²) in [6.45, 7) is 1.83. The maximum atomic E-state index is 12.3. The summed E-state index contributed by atoms with van der Waals surface area (Å²) in [7, 11) is 7.98. The predicted octanol–water partition coefficient (Wildman–Crippen LogP) is 1.08. The molecule has 1 aromatic carbocycles. The molecular weight excluding hydrogens is 252 g/mol. The van der Waals surface area contributed by atoms with Gasteiger partial charge >= 0.3 is 0 Å². The van der Waals surface area contributed by atoms with Gasteiger partial charge in [0.1, 0.15) is 0 Å². The summed E-state index contributed by atoms with van der Waals surface area (Å²) in [5, 5.41) is 6.11. The third-order valence-corrected chi connectivity index (χ3v) is 3.80. The minimum atomic E-state index is -0.0807.